The molecule has 1 amide bonds. The van der Waals surface area contributed by atoms with Crippen LogP contribution in [0.1, 0.15) is 36.5 Å². The van der Waals surface area contributed by atoms with Crippen molar-refractivity contribution in [3.8, 4) is 5.75 Å². The fourth-order valence-electron chi connectivity index (χ4n) is 3.58. The molecular weight excluding hydrogens is 336 g/mol. The molecule has 0 unspecified atom stereocenters. The van der Waals surface area contributed by atoms with Crippen molar-refractivity contribution in [2.24, 2.45) is 0 Å². The number of hydrogen-bond donors (Lipinski definition) is 1. The molecule has 0 saturated heterocycles. The molecule has 27 heavy (non-hydrogen) atoms. The number of amides is 1. The van der Waals surface area contributed by atoms with Crippen molar-refractivity contribution in [2.75, 3.05) is 7.11 Å². The van der Waals surface area contributed by atoms with Gasteiger partial charge < -0.3 is 14.6 Å². The molecule has 3 aromatic rings. The van der Waals surface area contributed by atoms with Gasteiger partial charge in [0.1, 0.15) is 5.75 Å². The van der Waals surface area contributed by atoms with E-state index in [2.05, 4.69) is 41.1 Å². The normalized spacial score (nSPS) is 13.7. The summed E-state index contributed by atoms with van der Waals surface area (Å²) in [4.78, 5) is 18.4. The summed E-state index contributed by atoms with van der Waals surface area (Å²) >= 11 is 0. The first-order valence-electron chi connectivity index (χ1n) is 9.69. The molecule has 4 nitrogen and oxygen atoms in total. The summed E-state index contributed by atoms with van der Waals surface area (Å²) in [5, 5.41) is 1.06. The number of aryl methyl sites for hydroxylation is 1. The highest BCUT2D eigenvalue weighted by molar-refractivity contribution is 5.90. The molecule has 0 aliphatic heterocycles. The summed E-state index contributed by atoms with van der Waals surface area (Å²) < 4.78 is 5.34. The van der Waals surface area contributed by atoms with Crippen molar-refractivity contribution in [1.29, 1.82) is 0 Å². The molecule has 1 fully saturated rings. The topological polar surface area (TPSA) is 45.3 Å². The van der Waals surface area contributed by atoms with E-state index in [1.807, 2.05) is 24.4 Å². The zero-order chi connectivity index (χ0) is 18.8. The lowest BCUT2D eigenvalue weighted by atomic mass is 10.1. The van der Waals surface area contributed by atoms with Crippen LogP contribution in [0.25, 0.3) is 10.9 Å². The van der Waals surface area contributed by atoms with Crippen LogP contribution >= 0.6 is 0 Å². The van der Waals surface area contributed by atoms with Crippen molar-refractivity contribution in [1.82, 2.24) is 9.88 Å². The quantitative estimate of drug-likeness (QED) is 0.674. The minimum atomic E-state index is 0.195. The van der Waals surface area contributed by atoms with Gasteiger partial charge >= 0.3 is 0 Å². The fourth-order valence-corrected chi connectivity index (χ4v) is 3.58. The molecule has 1 saturated carbocycles. The summed E-state index contributed by atoms with van der Waals surface area (Å²) in [7, 11) is 1.66. The summed E-state index contributed by atoms with van der Waals surface area (Å²) in [6, 6.07) is 14.9. The van der Waals surface area contributed by atoms with E-state index in [9.17, 15) is 4.79 Å². The van der Waals surface area contributed by atoms with Crippen molar-refractivity contribution in [3.63, 3.8) is 0 Å². The second kappa shape index (κ2) is 7.47. The number of nitrogens with one attached hydrogen (secondary N) is 1. The number of rotatable bonds is 7. The second-order valence-electron chi connectivity index (χ2n) is 7.33. The van der Waals surface area contributed by atoms with Gasteiger partial charge in [-0.05, 0) is 54.2 Å². The monoisotopic (exact) mass is 362 g/mol. The van der Waals surface area contributed by atoms with Gasteiger partial charge in [0.05, 0.1) is 13.5 Å². The van der Waals surface area contributed by atoms with Crippen LogP contribution in [-0.4, -0.2) is 28.9 Å². The largest absolute Gasteiger partial charge is 0.497 e. The Hall–Kier alpha value is -2.75. The van der Waals surface area contributed by atoms with Crippen LogP contribution in [0.2, 0.25) is 0 Å². The predicted octanol–water partition coefficient (Wildman–Crippen LogP) is 4.47. The Labute approximate surface area is 160 Å². The first kappa shape index (κ1) is 17.7. The van der Waals surface area contributed by atoms with Gasteiger partial charge in [0.2, 0.25) is 5.91 Å². The molecule has 1 aliphatic carbocycles. The number of aromatic nitrogens is 1. The van der Waals surface area contributed by atoms with Gasteiger partial charge in [-0.3, -0.25) is 4.79 Å². The van der Waals surface area contributed by atoms with Crippen molar-refractivity contribution < 1.29 is 9.53 Å². The number of ether oxygens (including phenoxy) is 1. The molecule has 2 aromatic carbocycles. The molecule has 1 aliphatic rings. The number of fused-ring (bicyclic) bond motifs is 1. The van der Waals surface area contributed by atoms with E-state index < -0.39 is 0 Å². The molecular formula is C23H26N2O2. The average Bonchev–Trinajstić information content (AvgIpc) is 3.47. The Bertz CT molecular complexity index is 939. The van der Waals surface area contributed by atoms with Gasteiger partial charge in [0, 0.05) is 29.7 Å². The van der Waals surface area contributed by atoms with Gasteiger partial charge in [-0.1, -0.05) is 31.2 Å². The van der Waals surface area contributed by atoms with E-state index in [4.69, 9.17) is 4.74 Å². The van der Waals surface area contributed by atoms with Gasteiger partial charge in [0.25, 0.3) is 0 Å². The van der Waals surface area contributed by atoms with E-state index in [1.54, 1.807) is 7.11 Å². The van der Waals surface area contributed by atoms with E-state index in [0.717, 1.165) is 41.5 Å². The van der Waals surface area contributed by atoms with Crippen LogP contribution < -0.4 is 4.74 Å². The summed E-state index contributed by atoms with van der Waals surface area (Å²) in [6.45, 7) is 2.85. The zero-order valence-electron chi connectivity index (χ0n) is 16.0. The van der Waals surface area contributed by atoms with E-state index >= 15 is 0 Å². The maximum absolute atomic E-state index is 13.1. The van der Waals surface area contributed by atoms with Crippen LogP contribution in [0.3, 0.4) is 0 Å². The Morgan fingerprint density at radius 2 is 1.89 bits per heavy atom. The van der Waals surface area contributed by atoms with Gasteiger partial charge in [-0.2, -0.15) is 0 Å². The van der Waals surface area contributed by atoms with Gasteiger partial charge in [-0.15, -0.1) is 0 Å². The standard InChI is InChI=1S/C23H26N2O2/c1-3-16-4-6-17(7-5-16)15-25(19-8-9-19)23(26)12-18-14-24-22-11-10-20(27-2)13-21(18)22/h4-7,10-11,13-14,19,24H,3,8-9,12,15H2,1-2H3. The first-order valence-corrected chi connectivity index (χ1v) is 9.69. The molecule has 0 atom stereocenters. The smallest absolute Gasteiger partial charge is 0.227 e. The van der Waals surface area contributed by atoms with Crippen LogP contribution in [-0.2, 0) is 24.2 Å². The lowest BCUT2D eigenvalue weighted by molar-refractivity contribution is -0.131. The van der Waals surface area contributed by atoms with Gasteiger partial charge in [0.15, 0.2) is 0 Å². The molecule has 0 radical (unpaired) electrons. The number of hydrogen-bond acceptors (Lipinski definition) is 2. The lowest BCUT2D eigenvalue weighted by Gasteiger charge is -2.23. The van der Waals surface area contributed by atoms with E-state index in [1.165, 1.54) is 11.1 Å². The van der Waals surface area contributed by atoms with Crippen LogP contribution in [0.4, 0.5) is 0 Å². The number of methoxy groups -OCH3 is 1. The highest BCUT2D eigenvalue weighted by atomic mass is 16.5. The maximum atomic E-state index is 13.1. The minimum Gasteiger partial charge on any atom is -0.497 e. The Morgan fingerprint density at radius 3 is 2.56 bits per heavy atom. The predicted molar refractivity (Wildman–Crippen MR) is 108 cm³/mol. The third-order valence-corrected chi connectivity index (χ3v) is 5.41. The Kier molecular flexibility index (Phi) is 4.88. The molecule has 1 heterocycles. The van der Waals surface area contributed by atoms with Crippen molar-refractivity contribution in [3.05, 3.63) is 65.4 Å². The van der Waals surface area contributed by atoms with Gasteiger partial charge in [-0.25, -0.2) is 0 Å². The summed E-state index contributed by atoms with van der Waals surface area (Å²) in [5.41, 5.74) is 4.59. The number of H-pyrrole nitrogens is 1. The number of nitrogens with zero attached hydrogens (tertiary/aromatic N) is 1. The zero-order valence-corrected chi connectivity index (χ0v) is 16.0. The third kappa shape index (κ3) is 3.85. The molecule has 1 aromatic heterocycles. The molecule has 1 N–H and O–H groups in total. The van der Waals surface area contributed by atoms with E-state index in [-0.39, 0.29) is 5.91 Å². The summed E-state index contributed by atoms with van der Waals surface area (Å²) in [6.07, 6.45) is 5.62. The molecule has 0 bridgehead atoms. The Morgan fingerprint density at radius 1 is 1.15 bits per heavy atom. The first-order chi connectivity index (χ1) is 13.2. The number of carbonyl (C=O) groups excluding carboxylic acids is 1. The minimum absolute atomic E-state index is 0.195. The second-order valence-corrected chi connectivity index (χ2v) is 7.33. The molecule has 140 valence electrons. The summed E-state index contributed by atoms with van der Waals surface area (Å²) in [5.74, 6) is 1.01. The highest BCUT2D eigenvalue weighted by Gasteiger charge is 2.32. The lowest BCUT2D eigenvalue weighted by Crippen LogP contribution is -2.33. The van der Waals surface area contributed by atoms with Crippen molar-refractivity contribution in [2.45, 2.75) is 45.2 Å². The van der Waals surface area contributed by atoms with Crippen LogP contribution in [0, 0.1) is 0 Å². The number of carbonyl (C=O) groups is 1. The van der Waals surface area contributed by atoms with Crippen LogP contribution in [0.5, 0.6) is 5.75 Å². The number of benzene rings is 2. The van der Waals surface area contributed by atoms with E-state index in [0.29, 0.717) is 19.0 Å². The fraction of sp³-hybridized carbons (Fsp3) is 0.348. The molecule has 0 spiro atoms. The molecule has 4 heteroatoms. The van der Waals surface area contributed by atoms with Crippen LogP contribution in [0.15, 0.2) is 48.7 Å². The van der Waals surface area contributed by atoms with Crippen molar-refractivity contribution >= 4 is 16.8 Å². The highest BCUT2D eigenvalue weighted by Crippen LogP contribution is 2.30. The Balaban J connectivity index is 1.52. The average molecular weight is 362 g/mol. The third-order valence-electron chi connectivity index (χ3n) is 5.41. The molecule has 4 rings (SSSR count). The number of aromatic amines is 1. The maximum Gasteiger partial charge on any atom is 0.227 e. The SMILES string of the molecule is CCc1ccc(CN(C(=O)Cc2c[nH]c3ccc(OC)cc23)C2CC2)cc1.